The van der Waals surface area contributed by atoms with Crippen LogP contribution in [0.4, 0.5) is 4.39 Å². The van der Waals surface area contributed by atoms with Crippen LogP contribution in [0.3, 0.4) is 0 Å². The number of methoxy groups -OCH3 is 1. The van der Waals surface area contributed by atoms with Gasteiger partial charge in [-0.05, 0) is 52.7 Å². The van der Waals surface area contributed by atoms with Crippen molar-refractivity contribution in [2.75, 3.05) is 13.7 Å². The number of aryl methyl sites for hydroxylation is 1. The fourth-order valence-corrected chi connectivity index (χ4v) is 3.42. The van der Waals surface area contributed by atoms with E-state index in [9.17, 15) is 4.39 Å². The maximum absolute atomic E-state index is 13.8. The Morgan fingerprint density at radius 1 is 1.25 bits per heavy atom. The minimum atomic E-state index is -0.283. The fourth-order valence-electron chi connectivity index (χ4n) is 2.82. The molecule has 3 rings (SSSR count). The van der Waals surface area contributed by atoms with Gasteiger partial charge in [-0.2, -0.15) is 0 Å². The standard InChI is InChI=1S/C21H23BrFN3O2/c1-27-20-12-16(13-24-7-4-9-26-10-8-25-15-26)11-18(22)21(20)28-14-17-5-2-3-6-19(17)23/h2-3,5-6,8,10-12,15,24H,4,7,9,13-14H2,1H3. The molecule has 1 N–H and O–H groups in total. The van der Waals surface area contributed by atoms with Crippen molar-refractivity contribution in [2.24, 2.45) is 0 Å². The number of imidazole rings is 1. The van der Waals surface area contributed by atoms with Crippen LogP contribution in [0.15, 0.2) is 59.6 Å². The number of nitrogens with zero attached hydrogens (tertiary/aromatic N) is 2. The topological polar surface area (TPSA) is 48.3 Å². The Labute approximate surface area is 172 Å². The first kappa shape index (κ1) is 20.4. The molecule has 148 valence electrons. The van der Waals surface area contributed by atoms with E-state index in [0.29, 0.717) is 23.6 Å². The lowest BCUT2D eigenvalue weighted by Gasteiger charge is -2.15. The van der Waals surface area contributed by atoms with E-state index in [1.807, 2.05) is 24.7 Å². The SMILES string of the molecule is COc1cc(CNCCCn2ccnc2)cc(Br)c1OCc1ccccc1F. The zero-order valence-electron chi connectivity index (χ0n) is 15.7. The second kappa shape index (κ2) is 10.2. The van der Waals surface area contributed by atoms with Crippen LogP contribution in [0.2, 0.25) is 0 Å². The minimum absolute atomic E-state index is 0.132. The van der Waals surface area contributed by atoms with E-state index in [-0.39, 0.29) is 12.4 Å². The normalized spacial score (nSPS) is 10.8. The van der Waals surface area contributed by atoms with E-state index >= 15 is 0 Å². The molecule has 0 spiro atoms. The summed E-state index contributed by atoms with van der Waals surface area (Å²) in [7, 11) is 1.60. The fraction of sp³-hybridized carbons (Fsp3) is 0.286. The first-order chi connectivity index (χ1) is 13.7. The van der Waals surface area contributed by atoms with Crippen LogP contribution in [-0.4, -0.2) is 23.2 Å². The molecule has 0 bridgehead atoms. The Morgan fingerprint density at radius 3 is 2.86 bits per heavy atom. The van der Waals surface area contributed by atoms with Crippen LogP contribution < -0.4 is 14.8 Å². The number of hydrogen-bond donors (Lipinski definition) is 1. The summed E-state index contributed by atoms with van der Waals surface area (Å²) in [5.74, 6) is 0.893. The summed E-state index contributed by atoms with van der Waals surface area (Å²) in [5, 5.41) is 3.43. The molecule has 0 atom stereocenters. The Morgan fingerprint density at radius 2 is 2.11 bits per heavy atom. The smallest absolute Gasteiger partial charge is 0.175 e. The van der Waals surface area contributed by atoms with E-state index in [2.05, 4.69) is 30.8 Å². The molecule has 0 aliphatic rings. The molecular formula is C21H23BrFN3O2. The van der Waals surface area contributed by atoms with Crippen molar-refractivity contribution >= 4 is 15.9 Å². The number of halogens is 2. The van der Waals surface area contributed by atoms with Gasteiger partial charge >= 0.3 is 0 Å². The summed E-state index contributed by atoms with van der Waals surface area (Å²) in [6, 6.07) is 10.5. The van der Waals surface area contributed by atoms with Gasteiger partial charge in [0.25, 0.3) is 0 Å². The molecule has 0 amide bonds. The number of hydrogen-bond acceptors (Lipinski definition) is 4. The molecule has 1 heterocycles. The summed E-state index contributed by atoms with van der Waals surface area (Å²) in [4.78, 5) is 4.04. The number of rotatable bonds is 10. The predicted octanol–water partition coefficient (Wildman–Crippen LogP) is 4.55. The lowest BCUT2D eigenvalue weighted by atomic mass is 10.2. The largest absolute Gasteiger partial charge is 0.493 e. The second-order valence-corrected chi connectivity index (χ2v) is 7.17. The maximum atomic E-state index is 13.8. The number of nitrogens with one attached hydrogen (secondary N) is 1. The Balaban J connectivity index is 1.55. The molecule has 0 aliphatic heterocycles. The van der Waals surface area contributed by atoms with Gasteiger partial charge in [0.15, 0.2) is 11.5 Å². The van der Waals surface area contributed by atoms with Crippen molar-refractivity contribution in [1.82, 2.24) is 14.9 Å². The molecule has 0 aliphatic carbocycles. The van der Waals surface area contributed by atoms with Crippen molar-refractivity contribution in [1.29, 1.82) is 0 Å². The highest BCUT2D eigenvalue weighted by molar-refractivity contribution is 9.10. The molecule has 0 unspecified atom stereocenters. The van der Waals surface area contributed by atoms with Crippen LogP contribution in [0, 0.1) is 5.82 Å². The summed E-state index contributed by atoms with van der Waals surface area (Å²) >= 11 is 3.54. The molecule has 3 aromatic rings. The van der Waals surface area contributed by atoms with Gasteiger partial charge in [-0.1, -0.05) is 18.2 Å². The lowest BCUT2D eigenvalue weighted by molar-refractivity contribution is 0.277. The van der Waals surface area contributed by atoms with Gasteiger partial charge in [-0.15, -0.1) is 0 Å². The van der Waals surface area contributed by atoms with E-state index in [1.165, 1.54) is 6.07 Å². The van der Waals surface area contributed by atoms with E-state index in [4.69, 9.17) is 9.47 Å². The molecule has 2 aromatic carbocycles. The highest BCUT2D eigenvalue weighted by Gasteiger charge is 2.13. The first-order valence-corrected chi connectivity index (χ1v) is 9.85. The Hall–Kier alpha value is -2.38. The lowest BCUT2D eigenvalue weighted by Crippen LogP contribution is -2.16. The monoisotopic (exact) mass is 447 g/mol. The first-order valence-electron chi connectivity index (χ1n) is 9.06. The van der Waals surface area contributed by atoms with Crippen molar-refractivity contribution in [3.05, 3.63) is 76.5 Å². The number of benzene rings is 2. The van der Waals surface area contributed by atoms with Gasteiger partial charge in [-0.25, -0.2) is 9.37 Å². The number of ether oxygens (including phenoxy) is 2. The maximum Gasteiger partial charge on any atom is 0.175 e. The quantitative estimate of drug-likeness (QED) is 0.463. The highest BCUT2D eigenvalue weighted by atomic mass is 79.9. The zero-order valence-corrected chi connectivity index (χ0v) is 17.3. The van der Waals surface area contributed by atoms with Crippen molar-refractivity contribution in [2.45, 2.75) is 26.1 Å². The van der Waals surface area contributed by atoms with Crippen LogP contribution in [0.1, 0.15) is 17.5 Å². The molecule has 28 heavy (non-hydrogen) atoms. The van der Waals surface area contributed by atoms with Crippen LogP contribution in [0.5, 0.6) is 11.5 Å². The molecular weight excluding hydrogens is 425 g/mol. The average Bonchev–Trinajstić information content (AvgIpc) is 3.21. The summed E-state index contributed by atoms with van der Waals surface area (Å²) in [6.45, 7) is 2.67. The third-order valence-electron chi connectivity index (χ3n) is 4.28. The second-order valence-electron chi connectivity index (χ2n) is 6.32. The van der Waals surface area contributed by atoms with Crippen LogP contribution in [-0.2, 0) is 19.7 Å². The van der Waals surface area contributed by atoms with Gasteiger partial charge in [0.2, 0.25) is 0 Å². The summed E-state index contributed by atoms with van der Waals surface area (Å²) in [6.07, 6.45) is 6.58. The molecule has 0 saturated heterocycles. The summed E-state index contributed by atoms with van der Waals surface area (Å²) < 4.78 is 27.9. The molecule has 0 radical (unpaired) electrons. The molecule has 0 saturated carbocycles. The van der Waals surface area contributed by atoms with Gasteiger partial charge in [-0.3, -0.25) is 0 Å². The highest BCUT2D eigenvalue weighted by Crippen LogP contribution is 2.37. The predicted molar refractivity (Wildman–Crippen MR) is 110 cm³/mol. The third kappa shape index (κ3) is 5.56. The molecule has 7 heteroatoms. The zero-order chi connectivity index (χ0) is 19.8. The Bertz CT molecular complexity index is 887. The van der Waals surface area contributed by atoms with Gasteiger partial charge in [0, 0.05) is 31.0 Å². The average molecular weight is 448 g/mol. The third-order valence-corrected chi connectivity index (χ3v) is 4.87. The van der Waals surface area contributed by atoms with Crippen molar-refractivity contribution in [3.8, 4) is 11.5 Å². The molecule has 1 aromatic heterocycles. The van der Waals surface area contributed by atoms with Crippen molar-refractivity contribution < 1.29 is 13.9 Å². The minimum Gasteiger partial charge on any atom is -0.493 e. The van der Waals surface area contributed by atoms with Gasteiger partial charge in [0.05, 0.1) is 17.9 Å². The van der Waals surface area contributed by atoms with E-state index < -0.39 is 0 Å². The molecule has 5 nitrogen and oxygen atoms in total. The summed E-state index contributed by atoms with van der Waals surface area (Å²) in [5.41, 5.74) is 1.57. The van der Waals surface area contributed by atoms with Gasteiger partial charge < -0.3 is 19.4 Å². The van der Waals surface area contributed by atoms with Crippen LogP contribution >= 0.6 is 15.9 Å². The van der Waals surface area contributed by atoms with E-state index in [1.54, 1.807) is 31.5 Å². The Kier molecular flexibility index (Phi) is 7.45. The van der Waals surface area contributed by atoms with E-state index in [0.717, 1.165) is 29.5 Å². The molecule has 0 fully saturated rings. The van der Waals surface area contributed by atoms with Gasteiger partial charge in [0.1, 0.15) is 12.4 Å². The number of aromatic nitrogens is 2. The van der Waals surface area contributed by atoms with Crippen molar-refractivity contribution in [3.63, 3.8) is 0 Å². The van der Waals surface area contributed by atoms with Crippen LogP contribution in [0.25, 0.3) is 0 Å².